The molecule has 52 valence electrons. The van der Waals surface area contributed by atoms with Crippen molar-refractivity contribution in [3.05, 3.63) is 12.2 Å². The Balaban J connectivity index is 2.56. The van der Waals surface area contributed by atoms with Crippen LogP contribution < -0.4 is 0 Å². The smallest absolute Gasteiger partial charge is 0.0149 e. The normalized spacial score (nSPS) is 34.9. The number of allylic oxidation sites excluding steroid dienone is 2. The van der Waals surface area contributed by atoms with E-state index in [1.807, 2.05) is 0 Å². The quantitative estimate of drug-likeness (QED) is 0.471. The molecule has 0 N–H and O–H groups in total. The maximum absolute atomic E-state index is 2.39. The minimum absolute atomic E-state index is 0.540. The molecule has 0 aromatic rings. The van der Waals surface area contributed by atoms with Crippen molar-refractivity contribution in [3.63, 3.8) is 0 Å². The van der Waals surface area contributed by atoms with E-state index in [1.54, 1.807) is 0 Å². The molecule has 1 aliphatic carbocycles. The second-order valence-electron chi connectivity index (χ2n) is 3.30. The second kappa shape index (κ2) is 2.55. The number of hydrogen-bond donors (Lipinski definition) is 0. The first-order chi connectivity index (χ1) is 4.27. The molecule has 0 spiro atoms. The van der Waals surface area contributed by atoms with Gasteiger partial charge in [-0.05, 0) is 31.1 Å². The van der Waals surface area contributed by atoms with Crippen LogP contribution in [0.4, 0.5) is 0 Å². The third-order valence-corrected chi connectivity index (χ3v) is 2.45. The molecule has 0 amide bonds. The summed E-state index contributed by atoms with van der Waals surface area (Å²) in [6.45, 7) is 4.62. The van der Waals surface area contributed by atoms with Gasteiger partial charge in [0.05, 0.1) is 0 Å². The Hall–Kier alpha value is -0.260. The Kier molecular flexibility index (Phi) is 1.94. The molecule has 1 atom stereocenters. The minimum atomic E-state index is 0.540. The van der Waals surface area contributed by atoms with E-state index in [2.05, 4.69) is 26.0 Å². The van der Waals surface area contributed by atoms with E-state index in [-0.39, 0.29) is 0 Å². The lowest BCUT2D eigenvalue weighted by molar-refractivity contribution is 0.352. The van der Waals surface area contributed by atoms with Crippen molar-refractivity contribution in [2.24, 2.45) is 5.41 Å². The minimum Gasteiger partial charge on any atom is -0.0880 e. The predicted molar refractivity (Wildman–Crippen MR) is 41.4 cm³/mol. The van der Waals surface area contributed by atoms with Crippen LogP contribution >= 0.6 is 0 Å². The molecule has 9 heavy (non-hydrogen) atoms. The zero-order valence-electron chi connectivity index (χ0n) is 6.48. The highest BCUT2D eigenvalue weighted by Crippen LogP contribution is 2.32. The van der Waals surface area contributed by atoms with Crippen LogP contribution in [0, 0.1) is 5.41 Å². The van der Waals surface area contributed by atoms with E-state index >= 15 is 0 Å². The molecule has 1 rings (SSSR count). The highest BCUT2D eigenvalue weighted by atomic mass is 14.2. The molecule has 0 heterocycles. The van der Waals surface area contributed by atoms with Gasteiger partial charge in [-0.2, -0.15) is 0 Å². The van der Waals surface area contributed by atoms with E-state index in [0.29, 0.717) is 5.41 Å². The van der Waals surface area contributed by atoms with Crippen LogP contribution in [0.25, 0.3) is 0 Å². The van der Waals surface area contributed by atoms with Gasteiger partial charge >= 0.3 is 0 Å². The summed E-state index contributed by atoms with van der Waals surface area (Å²) in [5.74, 6) is 0. The lowest BCUT2D eigenvalue weighted by Crippen LogP contribution is -2.13. The molecular weight excluding hydrogens is 108 g/mol. The van der Waals surface area contributed by atoms with Crippen LogP contribution in [0.5, 0.6) is 0 Å². The summed E-state index contributed by atoms with van der Waals surface area (Å²) >= 11 is 0. The van der Waals surface area contributed by atoms with Crippen molar-refractivity contribution < 1.29 is 0 Å². The van der Waals surface area contributed by atoms with Gasteiger partial charge in [0.15, 0.2) is 0 Å². The van der Waals surface area contributed by atoms with Crippen LogP contribution in [0.3, 0.4) is 0 Å². The van der Waals surface area contributed by atoms with Crippen molar-refractivity contribution in [1.29, 1.82) is 0 Å². The summed E-state index contributed by atoms with van der Waals surface area (Å²) in [5, 5.41) is 0. The highest BCUT2D eigenvalue weighted by Gasteiger charge is 2.19. The first kappa shape index (κ1) is 6.85. The molecule has 0 fully saturated rings. The van der Waals surface area contributed by atoms with Gasteiger partial charge in [-0.1, -0.05) is 26.0 Å². The Labute approximate surface area is 58.0 Å². The van der Waals surface area contributed by atoms with Crippen molar-refractivity contribution in [3.8, 4) is 0 Å². The summed E-state index contributed by atoms with van der Waals surface area (Å²) in [4.78, 5) is 0. The van der Waals surface area contributed by atoms with Gasteiger partial charge in [-0.25, -0.2) is 0 Å². The van der Waals surface area contributed by atoms with Gasteiger partial charge in [0.1, 0.15) is 0 Å². The average Bonchev–Trinajstić information content (AvgIpc) is 1.90. The van der Waals surface area contributed by atoms with Crippen molar-refractivity contribution >= 4 is 0 Å². The lowest BCUT2D eigenvalue weighted by Gasteiger charge is -2.26. The van der Waals surface area contributed by atoms with E-state index < -0.39 is 0 Å². The van der Waals surface area contributed by atoms with Gasteiger partial charge in [-0.3, -0.25) is 0 Å². The van der Waals surface area contributed by atoms with E-state index in [9.17, 15) is 0 Å². The van der Waals surface area contributed by atoms with Gasteiger partial charge in [-0.15, -0.1) is 0 Å². The van der Waals surface area contributed by atoms with Gasteiger partial charge in [0.2, 0.25) is 0 Å². The molecule has 0 saturated heterocycles. The zero-order valence-corrected chi connectivity index (χ0v) is 6.48. The van der Waals surface area contributed by atoms with E-state index in [4.69, 9.17) is 0 Å². The number of rotatable bonds is 1. The summed E-state index contributed by atoms with van der Waals surface area (Å²) in [5.41, 5.74) is 0.540. The standard InChI is InChI=1S/C9H16/c1-3-9(2)7-5-4-6-8-9/h5,7H,3-4,6,8H2,1-2H3/t9-/m0/s1. The maximum Gasteiger partial charge on any atom is -0.0149 e. The van der Waals surface area contributed by atoms with Crippen LogP contribution in [-0.4, -0.2) is 0 Å². The zero-order chi connectivity index (χ0) is 6.74. The molecule has 0 heteroatoms. The Morgan fingerprint density at radius 3 is 2.67 bits per heavy atom. The fourth-order valence-electron chi connectivity index (χ4n) is 1.37. The molecule has 0 aliphatic heterocycles. The Morgan fingerprint density at radius 1 is 1.56 bits per heavy atom. The average molecular weight is 124 g/mol. The van der Waals surface area contributed by atoms with Crippen molar-refractivity contribution in [2.75, 3.05) is 0 Å². The van der Waals surface area contributed by atoms with Gasteiger partial charge < -0.3 is 0 Å². The molecule has 0 radical (unpaired) electrons. The van der Waals surface area contributed by atoms with Crippen LogP contribution in [0.2, 0.25) is 0 Å². The molecule has 0 saturated carbocycles. The second-order valence-corrected chi connectivity index (χ2v) is 3.30. The SMILES string of the molecule is CC[C@@]1(C)C=CCCC1. The maximum atomic E-state index is 2.39. The highest BCUT2D eigenvalue weighted by molar-refractivity contribution is 5.00. The molecule has 0 bridgehead atoms. The first-order valence-corrected chi connectivity index (χ1v) is 3.94. The Morgan fingerprint density at radius 2 is 2.33 bits per heavy atom. The van der Waals surface area contributed by atoms with Gasteiger partial charge in [0, 0.05) is 0 Å². The third-order valence-electron chi connectivity index (χ3n) is 2.45. The van der Waals surface area contributed by atoms with Crippen LogP contribution in [0.1, 0.15) is 39.5 Å². The van der Waals surface area contributed by atoms with Crippen LogP contribution in [-0.2, 0) is 0 Å². The molecular formula is C9H16. The molecule has 0 aromatic carbocycles. The first-order valence-electron chi connectivity index (χ1n) is 3.94. The summed E-state index contributed by atoms with van der Waals surface area (Å²) in [6.07, 6.45) is 10.1. The predicted octanol–water partition coefficient (Wildman–Crippen LogP) is 3.14. The molecule has 0 nitrogen and oxygen atoms in total. The van der Waals surface area contributed by atoms with E-state index in [0.717, 1.165) is 0 Å². The summed E-state index contributed by atoms with van der Waals surface area (Å²) in [6, 6.07) is 0. The lowest BCUT2D eigenvalue weighted by atomic mass is 9.79. The van der Waals surface area contributed by atoms with Crippen molar-refractivity contribution in [1.82, 2.24) is 0 Å². The van der Waals surface area contributed by atoms with Crippen LogP contribution in [0.15, 0.2) is 12.2 Å². The number of hydrogen-bond acceptors (Lipinski definition) is 0. The fraction of sp³-hybridized carbons (Fsp3) is 0.778. The van der Waals surface area contributed by atoms with E-state index in [1.165, 1.54) is 25.7 Å². The topological polar surface area (TPSA) is 0 Å². The molecule has 0 aromatic heterocycles. The molecule has 0 unspecified atom stereocenters. The Bertz CT molecular complexity index is 113. The molecule has 1 aliphatic rings. The third kappa shape index (κ3) is 1.57. The monoisotopic (exact) mass is 124 g/mol. The largest absolute Gasteiger partial charge is 0.0880 e. The van der Waals surface area contributed by atoms with Gasteiger partial charge in [0.25, 0.3) is 0 Å². The summed E-state index contributed by atoms with van der Waals surface area (Å²) in [7, 11) is 0. The fourth-order valence-corrected chi connectivity index (χ4v) is 1.37. The van der Waals surface area contributed by atoms with Crippen molar-refractivity contribution in [2.45, 2.75) is 39.5 Å². The summed E-state index contributed by atoms with van der Waals surface area (Å²) < 4.78 is 0.